The zero-order chi connectivity index (χ0) is 13.5. The van der Waals surface area contributed by atoms with E-state index in [4.69, 9.17) is 4.74 Å². The Bertz CT molecular complexity index is 312. The van der Waals surface area contributed by atoms with Gasteiger partial charge in [-0.2, -0.15) is 0 Å². The number of carbonyl (C=O) groups excluding carboxylic acids is 1. The Kier molecular flexibility index (Phi) is 3.61. The highest BCUT2D eigenvalue weighted by Gasteiger charge is 2.53. The van der Waals surface area contributed by atoms with Crippen LogP contribution in [0.3, 0.4) is 0 Å². The summed E-state index contributed by atoms with van der Waals surface area (Å²) in [5, 5.41) is 0. The molecule has 4 bridgehead atoms. The fourth-order valence-corrected chi connectivity index (χ4v) is 5.29. The number of rotatable bonds is 5. The maximum absolute atomic E-state index is 12.4. The average molecular weight is 264 g/mol. The number of ether oxygens (including phenoxy) is 1. The lowest BCUT2D eigenvalue weighted by molar-refractivity contribution is -0.191. The highest BCUT2D eigenvalue weighted by molar-refractivity contribution is 5.73. The molecule has 1 unspecified atom stereocenters. The van der Waals surface area contributed by atoms with Crippen LogP contribution in [0, 0.1) is 23.7 Å². The molecule has 0 aliphatic heterocycles. The topological polar surface area (TPSA) is 26.3 Å². The van der Waals surface area contributed by atoms with Crippen molar-refractivity contribution in [2.75, 3.05) is 0 Å². The Hall–Kier alpha value is -0.530. The third kappa shape index (κ3) is 2.55. The summed E-state index contributed by atoms with van der Waals surface area (Å²) in [4.78, 5) is 12.4. The van der Waals surface area contributed by atoms with Crippen LogP contribution in [0.25, 0.3) is 0 Å². The third-order valence-electron chi connectivity index (χ3n) is 5.76. The van der Waals surface area contributed by atoms with Crippen molar-refractivity contribution in [1.82, 2.24) is 0 Å². The van der Waals surface area contributed by atoms with Gasteiger partial charge in [0.25, 0.3) is 0 Å². The Morgan fingerprint density at radius 3 is 2.05 bits per heavy atom. The summed E-state index contributed by atoms with van der Waals surface area (Å²) >= 11 is 0. The Morgan fingerprint density at radius 2 is 1.63 bits per heavy atom. The van der Waals surface area contributed by atoms with E-state index in [2.05, 4.69) is 13.8 Å². The monoisotopic (exact) mass is 264 g/mol. The van der Waals surface area contributed by atoms with Gasteiger partial charge in [0, 0.05) is 0 Å². The molecule has 4 rings (SSSR count). The minimum atomic E-state index is -0.0486. The molecule has 108 valence electrons. The van der Waals surface area contributed by atoms with E-state index < -0.39 is 0 Å². The van der Waals surface area contributed by atoms with E-state index in [0.717, 1.165) is 56.3 Å². The van der Waals surface area contributed by atoms with Gasteiger partial charge in [0.15, 0.2) is 0 Å². The Labute approximate surface area is 117 Å². The normalized spacial score (nSPS) is 41.3. The number of carbonyl (C=O) groups is 1. The van der Waals surface area contributed by atoms with Gasteiger partial charge < -0.3 is 4.74 Å². The molecule has 4 saturated carbocycles. The minimum Gasteiger partial charge on any atom is -0.459 e. The summed E-state index contributed by atoms with van der Waals surface area (Å²) in [6.45, 7) is 4.27. The highest BCUT2D eigenvalue weighted by atomic mass is 16.6. The molecule has 2 heteroatoms. The van der Waals surface area contributed by atoms with Gasteiger partial charge in [-0.3, -0.25) is 4.79 Å². The molecule has 2 nitrogen and oxygen atoms in total. The molecule has 0 aromatic rings. The molecule has 0 aromatic heterocycles. The van der Waals surface area contributed by atoms with Crippen LogP contribution in [0.2, 0.25) is 0 Å². The standard InChI is InChI=1S/C17H28O2/c1-3-5-15(4-2)16(18)19-17-9-12-6-13(10-17)8-14(7-12)11-17/h12-15H,3-11H2,1-2H3. The second-order valence-electron chi connectivity index (χ2n) is 7.42. The predicted octanol–water partition coefficient (Wildman–Crippen LogP) is 4.32. The van der Waals surface area contributed by atoms with Crippen molar-refractivity contribution in [3.05, 3.63) is 0 Å². The summed E-state index contributed by atoms with van der Waals surface area (Å²) in [5.41, 5.74) is -0.0486. The van der Waals surface area contributed by atoms with E-state index in [0.29, 0.717) is 0 Å². The van der Waals surface area contributed by atoms with Crippen molar-refractivity contribution in [2.24, 2.45) is 23.7 Å². The van der Waals surface area contributed by atoms with Crippen LogP contribution in [0.4, 0.5) is 0 Å². The van der Waals surface area contributed by atoms with Crippen molar-refractivity contribution < 1.29 is 9.53 Å². The lowest BCUT2D eigenvalue weighted by Crippen LogP contribution is -2.53. The molecule has 0 radical (unpaired) electrons. The third-order valence-corrected chi connectivity index (χ3v) is 5.76. The van der Waals surface area contributed by atoms with Crippen molar-refractivity contribution in [3.63, 3.8) is 0 Å². The first-order chi connectivity index (χ1) is 9.14. The molecule has 4 aliphatic rings. The molecule has 0 N–H and O–H groups in total. The molecular weight excluding hydrogens is 236 g/mol. The van der Waals surface area contributed by atoms with Crippen molar-refractivity contribution in [2.45, 2.75) is 77.2 Å². The van der Waals surface area contributed by atoms with E-state index in [1.165, 1.54) is 19.3 Å². The van der Waals surface area contributed by atoms with Gasteiger partial charge in [-0.05, 0) is 69.1 Å². The van der Waals surface area contributed by atoms with Gasteiger partial charge in [-0.1, -0.05) is 20.3 Å². The lowest BCUT2D eigenvalue weighted by Gasteiger charge is -2.55. The second kappa shape index (κ2) is 5.10. The average Bonchev–Trinajstić information content (AvgIpc) is 2.33. The van der Waals surface area contributed by atoms with Crippen LogP contribution < -0.4 is 0 Å². The maximum Gasteiger partial charge on any atom is 0.309 e. The molecular formula is C17H28O2. The number of esters is 1. The van der Waals surface area contributed by atoms with Gasteiger partial charge in [0.1, 0.15) is 5.60 Å². The summed E-state index contributed by atoms with van der Waals surface area (Å²) < 4.78 is 6.12. The van der Waals surface area contributed by atoms with E-state index in [9.17, 15) is 4.79 Å². The quantitative estimate of drug-likeness (QED) is 0.691. The summed E-state index contributed by atoms with van der Waals surface area (Å²) in [7, 11) is 0. The van der Waals surface area contributed by atoms with Gasteiger partial charge in [0.05, 0.1) is 5.92 Å². The molecule has 0 heterocycles. The molecule has 4 aliphatic carbocycles. The highest BCUT2D eigenvalue weighted by Crippen LogP contribution is 2.57. The zero-order valence-electron chi connectivity index (χ0n) is 12.5. The van der Waals surface area contributed by atoms with E-state index in [1.54, 1.807) is 0 Å². The fourth-order valence-electron chi connectivity index (χ4n) is 5.29. The SMILES string of the molecule is CCCC(CC)C(=O)OC12CC3CC(CC(C3)C1)C2. The van der Waals surface area contributed by atoms with Crippen LogP contribution in [-0.2, 0) is 9.53 Å². The van der Waals surface area contributed by atoms with Crippen molar-refractivity contribution in [3.8, 4) is 0 Å². The first kappa shape index (κ1) is 13.5. The van der Waals surface area contributed by atoms with Gasteiger partial charge in [-0.25, -0.2) is 0 Å². The zero-order valence-corrected chi connectivity index (χ0v) is 12.5. The fraction of sp³-hybridized carbons (Fsp3) is 0.941. The van der Waals surface area contributed by atoms with E-state index in [1.807, 2.05) is 0 Å². The van der Waals surface area contributed by atoms with Gasteiger partial charge in [0.2, 0.25) is 0 Å². The van der Waals surface area contributed by atoms with Crippen LogP contribution in [-0.4, -0.2) is 11.6 Å². The molecule has 0 amide bonds. The van der Waals surface area contributed by atoms with Gasteiger partial charge in [-0.15, -0.1) is 0 Å². The molecule has 0 spiro atoms. The minimum absolute atomic E-state index is 0.0486. The Balaban J connectivity index is 1.67. The molecule has 1 atom stereocenters. The molecule has 4 fully saturated rings. The summed E-state index contributed by atoms with van der Waals surface area (Å²) in [6, 6.07) is 0. The van der Waals surface area contributed by atoms with Crippen LogP contribution in [0.1, 0.15) is 71.6 Å². The first-order valence-corrected chi connectivity index (χ1v) is 8.37. The Morgan fingerprint density at radius 1 is 1.11 bits per heavy atom. The smallest absolute Gasteiger partial charge is 0.309 e. The molecule has 19 heavy (non-hydrogen) atoms. The first-order valence-electron chi connectivity index (χ1n) is 8.37. The number of hydrogen-bond donors (Lipinski definition) is 0. The summed E-state index contributed by atoms with van der Waals surface area (Å²) in [6.07, 6.45) is 10.7. The van der Waals surface area contributed by atoms with Crippen LogP contribution >= 0.6 is 0 Å². The van der Waals surface area contributed by atoms with E-state index in [-0.39, 0.29) is 17.5 Å². The van der Waals surface area contributed by atoms with E-state index >= 15 is 0 Å². The second-order valence-corrected chi connectivity index (χ2v) is 7.42. The van der Waals surface area contributed by atoms with Crippen molar-refractivity contribution in [1.29, 1.82) is 0 Å². The lowest BCUT2D eigenvalue weighted by atomic mass is 9.54. The number of hydrogen-bond acceptors (Lipinski definition) is 2. The van der Waals surface area contributed by atoms with Crippen molar-refractivity contribution >= 4 is 5.97 Å². The largest absolute Gasteiger partial charge is 0.459 e. The van der Waals surface area contributed by atoms with Crippen LogP contribution in [0.15, 0.2) is 0 Å². The maximum atomic E-state index is 12.4. The molecule has 0 saturated heterocycles. The van der Waals surface area contributed by atoms with Crippen LogP contribution in [0.5, 0.6) is 0 Å². The summed E-state index contributed by atoms with van der Waals surface area (Å²) in [5.74, 6) is 2.80. The molecule has 0 aromatic carbocycles. The predicted molar refractivity (Wildman–Crippen MR) is 75.7 cm³/mol. The van der Waals surface area contributed by atoms with Gasteiger partial charge >= 0.3 is 5.97 Å².